The van der Waals surface area contributed by atoms with Gasteiger partial charge in [0.1, 0.15) is 18.1 Å². The van der Waals surface area contributed by atoms with Crippen molar-refractivity contribution in [1.29, 1.82) is 0 Å². The van der Waals surface area contributed by atoms with E-state index in [4.69, 9.17) is 9.72 Å². The molecule has 7 rings (SSSR count). The second-order valence-electron chi connectivity index (χ2n) is 13.8. The van der Waals surface area contributed by atoms with E-state index < -0.39 is 0 Å². The molecule has 6 aromatic rings. The first kappa shape index (κ1) is 34.7. The molecule has 266 valence electrons. The maximum absolute atomic E-state index is 13.8. The average molecular weight is 696 g/mol. The third kappa shape index (κ3) is 7.19. The summed E-state index contributed by atoms with van der Waals surface area (Å²) in [6, 6.07) is 27.8. The van der Waals surface area contributed by atoms with Gasteiger partial charge in [0.2, 0.25) is 0 Å². The number of ether oxygens (including phenoxy) is 1. The Bertz CT molecular complexity index is 2210. The number of hydrogen-bond donors (Lipinski definition) is 0. The highest BCUT2D eigenvalue weighted by molar-refractivity contribution is 5.99. The van der Waals surface area contributed by atoms with Crippen molar-refractivity contribution >= 4 is 22.8 Å². The molecule has 0 saturated carbocycles. The van der Waals surface area contributed by atoms with E-state index in [0.717, 1.165) is 63.4 Å². The smallest absolute Gasteiger partial charge is 0.254 e. The predicted molar refractivity (Wildman–Crippen MR) is 202 cm³/mol. The van der Waals surface area contributed by atoms with Gasteiger partial charge in [0.05, 0.1) is 23.3 Å². The van der Waals surface area contributed by atoms with Gasteiger partial charge in [0.15, 0.2) is 5.82 Å². The maximum Gasteiger partial charge on any atom is 0.254 e. The lowest BCUT2D eigenvalue weighted by Crippen LogP contribution is -2.39. The molecular weight excluding hydrogens is 651 g/mol. The number of nitrogens with zero attached hydrogens (tertiary/aromatic N) is 7. The van der Waals surface area contributed by atoms with Crippen LogP contribution in [0.15, 0.2) is 91.1 Å². The summed E-state index contributed by atoms with van der Waals surface area (Å²) in [6.45, 7) is 10.8. The van der Waals surface area contributed by atoms with Crippen LogP contribution < -0.4 is 4.74 Å². The third-order valence-electron chi connectivity index (χ3n) is 10.1. The molecule has 0 radical (unpaired) electrons. The van der Waals surface area contributed by atoms with Crippen molar-refractivity contribution in [2.24, 2.45) is 7.05 Å². The van der Waals surface area contributed by atoms with Crippen LogP contribution >= 0.6 is 0 Å². The van der Waals surface area contributed by atoms with Crippen molar-refractivity contribution in [1.82, 2.24) is 34.3 Å². The number of para-hydroxylation sites is 2. The standard InChI is InChI=1S/C42H45N7O3/c1-6-47(25-32-22-29(3)39(30(4)23-32)52-27-31-16-14-28(2)15-17-31)41(50)33-10-9-11-34(24-33)42(51)48-20-18-35(19-21-48)49-26-37(44-45-49)40-43-36-12-7-8-13-38(36)46(40)5/h7-17,22-24,26,35H,6,18-21,25,27H2,1-5H3. The molecule has 10 nitrogen and oxygen atoms in total. The van der Waals surface area contributed by atoms with Gasteiger partial charge < -0.3 is 19.1 Å². The summed E-state index contributed by atoms with van der Waals surface area (Å²) in [5.41, 5.74) is 9.17. The Morgan fingerprint density at radius 3 is 2.29 bits per heavy atom. The van der Waals surface area contributed by atoms with E-state index in [1.54, 1.807) is 24.3 Å². The molecule has 10 heteroatoms. The molecule has 3 heterocycles. The van der Waals surface area contributed by atoms with Gasteiger partial charge in [-0.25, -0.2) is 9.67 Å². The van der Waals surface area contributed by atoms with E-state index >= 15 is 0 Å². The lowest BCUT2D eigenvalue weighted by atomic mass is 10.0. The number of hydrogen-bond acceptors (Lipinski definition) is 6. The SMILES string of the molecule is CCN(Cc1cc(C)c(OCc2ccc(C)cc2)c(C)c1)C(=O)c1cccc(C(=O)N2CCC(n3cc(-c4nc5ccccc5n4C)nn3)CC2)c1. The fourth-order valence-electron chi connectivity index (χ4n) is 7.16. The van der Waals surface area contributed by atoms with Gasteiger partial charge in [-0.2, -0.15) is 0 Å². The highest BCUT2D eigenvalue weighted by atomic mass is 16.5. The maximum atomic E-state index is 13.8. The first-order valence-corrected chi connectivity index (χ1v) is 18.0. The fourth-order valence-corrected chi connectivity index (χ4v) is 7.16. The molecule has 0 aliphatic carbocycles. The summed E-state index contributed by atoms with van der Waals surface area (Å²) in [5, 5.41) is 8.87. The van der Waals surface area contributed by atoms with Gasteiger partial charge in [-0.05, 0) is 93.1 Å². The summed E-state index contributed by atoms with van der Waals surface area (Å²) in [7, 11) is 1.99. The Morgan fingerprint density at radius 2 is 1.58 bits per heavy atom. The number of carbonyl (C=O) groups is 2. The van der Waals surface area contributed by atoms with E-state index in [0.29, 0.717) is 43.9 Å². The van der Waals surface area contributed by atoms with E-state index in [1.165, 1.54) is 5.56 Å². The predicted octanol–water partition coefficient (Wildman–Crippen LogP) is 7.48. The van der Waals surface area contributed by atoms with Gasteiger partial charge in [0, 0.05) is 44.4 Å². The van der Waals surface area contributed by atoms with Crippen LogP contribution in [0.2, 0.25) is 0 Å². The minimum atomic E-state index is -0.103. The van der Waals surface area contributed by atoms with Crippen LogP contribution in [0.1, 0.15) is 74.3 Å². The monoisotopic (exact) mass is 695 g/mol. The van der Waals surface area contributed by atoms with Crippen LogP contribution in [-0.4, -0.2) is 65.8 Å². The van der Waals surface area contributed by atoms with Gasteiger partial charge in [-0.3, -0.25) is 9.59 Å². The first-order chi connectivity index (χ1) is 25.2. The van der Waals surface area contributed by atoms with E-state index in [9.17, 15) is 9.59 Å². The van der Waals surface area contributed by atoms with Crippen molar-refractivity contribution in [3.8, 4) is 17.3 Å². The van der Waals surface area contributed by atoms with Crippen LogP contribution in [0.4, 0.5) is 0 Å². The minimum Gasteiger partial charge on any atom is -0.488 e. The quantitative estimate of drug-likeness (QED) is 0.148. The Morgan fingerprint density at radius 1 is 0.865 bits per heavy atom. The molecular formula is C42H45N7O3. The largest absolute Gasteiger partial charge is 0.488 e. The number of benzene rings is 4. The molecule has 1 saturated heterocycles. The highest BCUT2D eigenvalue weighted by Gasteiger charge is 2.27. The molecule has 0 atom stereocenters. The van der Waals surface area contributed by atoms with Crippen molar-refractivity contribution in [3.63, 3.8) is 0 Å². The Kier molecular flexibility index (Phi) is 9.89. The van der Waals surface area contributed by atoms with Crippen LogP contribution in [0.5, 0.6) is 5.75 Å². The number of imidazole rings is 1. The number of aromatic nitrogens is 5. The highest BCUT2D eigenvalue weighted by Crippen LogP contribution is 2.29. The second-order valence-corrected chi connectivity index (χ2v) is 13.8. The zero-order valence-electron chi connectivity index (χ0n) is 30.5. The van der Waals surface area contributed by atoms with Gasteiger partial charge in [0.25, 0.3) is 11.8 Å². The zero-order chi connectivity index (χ0) is 36.4. The number of piperidine rings is 1. The molecule has 0 N–H and O–H groups in total. The molecule has 0 bridgehead atoms. The lowest BCUT2D eigenvalue weighted by molar-refractivity contribution is 0.0689. The molecule has 1 aliphatic heterocycles. The van der Waals surface area contributed by atoms with Crippen molar-refractivity contribution < 1.29 is 14.3 Å². The Balaban J connectivity index is 0.968. The lowest BCUT2D eigenvalue weighted by Gasteiger charge is -2.32. The number of likely N-dealkylation sites (tertiary alicyclic amines) is 1. The van der Waals surface area contributed by atoms with E-state index in [1.807, 2.05) is 77.3 Å². The van der Waals surface area contributed by atoms with E-state index in [2.05, 4.69) is 53.6 Å². The van der Waals surface area contributed by atoms with Crippen LogP contribution in [0.25, 0.3) is 22.6 Å². The number of fused-ring (bicyclic) bond motifs is 1. The molecule has 4 aromatic carbocycles. The minimum absolute atomic E-state index is 0.0670. The first-order valence-electron chi connectivity index (χ1n) is 18.0. The Labute approximate surface area is 304 Å². The third-order valence-corrected chi connectivity index (χ3v) is 10.1. The molecule has 2 aromatic heterocycles. The average Bonchev–Trinajstić information content (AvgIpc) is 3.79. The molecule has 0 spiro atoms. The molecule has 1 aliphatic rings. The Hall–Kier alpha value is -5.77. The molecule has 0 unspecified atom stereocenters. The number of aryl methyl sites for hydroxylation is 4. The summed E-state index contributed by atoms with van der Waals surface area (Å²) in [4.78, 5) is 35.9. The summed E-state index contributed by atoms with van der Waals surface area (Å²) < 4.78 is 10.2. The number of carbonyl (C=O) groups excluding carboxylic acids is 2. The van der Waals surface area contributed by atoms with Gasteiger partial charge >= 0.3 is 0 Å². The van der Waals surface area contributed by atoms with Crippen LogP contribution in [0, 0.1) is 20.8 Å². The summed E-state index contributed by atoms with van der Waals surface area (Å²) in [6.07, 6.45) is 3.47. The van der Waals surface area contributed by atoms with Crippen LogP contribution in [0.3, 0.4) is 0 Å². The zero-order valence-corrected chi connectivity index (χ0v) is 30.5. The van der Waals surface area contributed by atoms with Gasteiger partial charge in [-0.1, -0.05) is 65.4 Å². The van der Waals surface area contributed by atoms with Crippen molar-refractivity contribution in [3.05, 3.63) is 130 Å². The van der Waals surface area contributed by atoms with Crippen molar-refractivity contribution in [2.45, 2.75) is 59.7 Å². The molecule has 2 amide bonds. The second kappa shape index (κ2) is 14.8. The number of amides is 2. The molecule has 1 fully saturated rings. The fraction of sp³-hybridized carbons (Fsp3) is 0.310. The molecule has 52 heavy (non-hydrogen) atoms. The van der Waals surface area contributed by atoms with Crippen LogP contribution in [-0.2, 0) is 20.2 Å². The topological polar surface area (TPSA) is 98.4 Å². The summed E-state index contributed by atoms with van der Waals surface area (Å²) in [5.74, 6) is 1.48. The summed E-state index contributed by atoms with van der Waals surface area (Å²) >= 11 is 0. The number of rotatable bonds is 10. The van der Waals surface area contributed by atoms with E-state index in [-0.39, 0.29) is 17.9 Å². The van der Waals surface area contributed by atoms with Gasteiger partial charge in [-0.15, -0.1) is 5.10 Å². The normalized spacial score (nSPS) is 13.4. The van der Waals surface area contributed by atoms with Crippen molar-refractivity contribution in [2.75, 3.05) is 19.6 Å².